The van der Waals surface area contributed by atoms with E-state index in [0.717, 1.165) is 11.7 Å². The molecular weight excluding hydrogens is 218 g/mol. The van der Waals surface area contributed by atoms with Gasteiger partial charge in [0.2, 0.25) is 0 Å². The van der Waals surface area contributed by atoms with Gasteiger partial charge in [-0.2, -0.15) is 11.8 Å². The van der Waals surface area contributed by atoms with Crippen LogP contribution < -0.4 is 5.32 Å². The molecule has 3 heteroatoms. The van der Waals surface area contributed by atoms with Crippen molar-refractivity contribution in [3.63, 3.8) is 0 Å². The zero-order valence-electron chi connectivity index (χ0n) is 11.5. The lowest BCUT2D eigenvalue weighted by molar-refractivity contribution is 0.154. The number of nitrogens with one attached hydrogen (secondary N) is 1. The highest BCUT2D eigenvalue weighted by Gasteiger charge is 2.22. The van der Waals surface area contributed by atoms with Crippen molar-refractivity contribution < 1.29 is 5.11 Å². The molecular formula is C13H29NOS. The second-order valence-corrected chi connectivity index (χ2v) is 7.08. The molecule has 2 N–H and O–H groups in total. The molecule has 0 saturated heterocycles. The van der Waals surface area contributed by atoms with Crippen molar-refractivity contribution in [3.8, 4) is 0 Å². The Hall–Kier alpha value is 0.270. The Kier molecular flexibility index (Phi) is 8.52. The first kappa shape index (κ1) is 16.3. The second-order valence-electron chi connectivity index (χ2n) is 5.39. The minimum absolute atomic E-state index is 0.101. The van der Waals surface area contributed by atoms with Gasteiger partial charge in [0.15, 0.2) is 0 Å². The molecule has 0 rings (SSSR count). The molecule has 0 amide bonds. The van der Waals surface area contributed by atoms with E-state index in [0.29, 0.717) is 6.04 Å². The summed E-state index contributed by atoms with van der Waals surface area (Å²) >= 11 is 2.02. The summed E-state index contributed by atoms with van der Waals surface area (Å²) in [7, 11) is 0. The third-order valence-corrected chi connectivity index (χ3v) is 3.75. The van der Waals surface area contributed by atoms with Crippen molar-refractivity contribution >= 4 is 11.8 Å². The van der Waals surface area contributed by atoms with Gasteiger partial charge in [-0.05, 0) is 30.8 Å². The van der Waals surface area contributed by atoms with Crippen LogP contribution in [0.5, 0.6) is 0 Å². The first-order chi connectivity index (χ1) is 7.39. The van der Waals surface area contributed by atoms with Crippen LogP contribution in [0.15, 0.2) is 0 Å². The molecule has 98 valence electrons. The fraction of sp³-hybridized carbons (Fsp3) is 1.00. The van der Waals surface area contributed by atoms with Crippen molar-refractivity contribution in [2.24, 2.45) is 0 Å². The van der Waals surface area contributed by atoms with E-state index in [4.69, 9.17) is 0 Å². The fourth-order valence-electron chi connectivity index (χ4n) is 1.83. The monoisotopic (exact) mass is 247 g/mol. The lowest BCUT2D eigenvalue weighted by Crippen LogP contribution is -2.49. The van der Waals surface area contributed by atoms with Crippen LogP contribution in [0, 0.1) is 0 Å². The van der Waals surface area contributed by atoms with Crippen molar-refractivity contribution in [2.45, 2.75) is 70.7 Å². The van der Waals surface area contributed by atoms with Gasteiger partial charge in [-0.3, -0.25) is 0 Å². The van der Waals surface area contributed by atoms with Crippen LogP contribution in [0.2, 0.25) is 0 Å². The van der Waals surface area contributed by atoms with Crippen LogP contribution in [0.25, 0.3) is 0 Å². The van der Waals surface area contributed by atoms with Crippen LogP contribution in [0.4, 0.5) is 0 Å². The van der Waals surface area contributed by atoms with Crippen molar-refractivity contribution in [2.75, 3.05) is 12.4 Å². The molecule has 0 saturated carbocycles. The first-order valence-corrected chi connectivity index (χ1v) is 7.44. The van der Waals surface area contributed by atoms with E-state index < -0.39 is 0 Å². The quantitative estimate of drug-likeness (QED) is 0.614. The molecule has 0 aromatic rings. The normalized spacial score (nSPS) is 15.8. The van der Waals surface area contributed by atoms with Crippen molar-refractivity contribution in [1.82, 2.24) is 5.32 Å². The molecule has 1 atom stereocenters. The smallest absolute Gasteiger partial charge is 0.0610 e. The maximum absolute atomic E-state index is 9.41. The van der Waals surface area contributed by atoms with Gasteiger partial charge in [0.25, 0.3) is 0 Å². The van der Waals surface area contributed by atoms with Gasteiger partial charge < -0.3 is 10.4 Å². The predicted molar refractivity (Wildman–Crippen MR) is 75.2 cm³/mol. The van der Waals surface area contributed by atoms with Gasteiger partial charge in [-0.15, -0.1) is 0 Å². The van der Waals surface area contributed by atoms with Crippen LogP contribution in [-0.4, -0.2) is 34.3 Å². The summed E-state index contributed by atoms with van der Waals surface area (Å²) in [5.41, 5.74) is -0.101. The Balaban J connectivity index is 3.69. The number of aliphatic hydroxyl groups is 1. The molecule has 16 heavy (non-hydrogen) atoms. The largest absolute Gasteiger partial charge is 0.394 e. The van der Waals surface area contributed by atoms with Gasteiger partial charge in [0, 0.05) is 11.6 Å². The zero-order valence-corrected chi connectivity index (χ0v) is 12.4. The standard InChI is InChI=1S/C13H29NOS/c1-11(2)14-13(5,10-15)8-6-7-9-16-12(3)4/h11-12,14-15H,6-10H2,1-5H3. The molecule has 1 unspecified atom stereocenters. The van der Waals surface area contributed by atoms with Gasteiger partial charge >= 0.3 is 0 Å². The number of thioether (sulfide) groups is 1. The maximum atomic E-state index is 9.41. The van der Waals surface area contributed by atoms with E-state index >= 15 is 0 Å². The third kappa shape index (κ3) is 8.43. The third-order valence-electron chi connectivity index (χ3n) is 2.56. The Morgan fingerprint density at radius 2 is 1.81 bits per heavy atom. The van der Waals surface area contributed by atoms with Crippen molar-refractivity contribution in [3.05, 3.63) is 0 Å². The van der Waals surface area contributed by atoms with Gasteiger partial charge in [0.05, 0.1) is 6.61 Å². The summed E-state index contributed by atoms with van der Waals surface area (Å²) in [5.74, 6) is 1.24. The van der Waals surface area contributed by atoms with Crippen LogP contribution in [0.3, 0.4) is 0 Å². The SMILES string of the molecule is CC(C)NC(C)(CO)CCCCSC(C)C. The molecule has 0 fully saturated rings. The Morgan fingerprint density at radius 1 is 1.19 bits per heavy atom. The summed E-state index contributed by atoms with van der Waals surface area (Å²) in [5, 5.41) is 13.6. The molecule has 0 spiro atoms. The summed E-state index contributed by atoms with van der Waals surface area (Å²) in [6.07, 6.45) is 3.50. The fourth-order valence-corrected chi connectivity index (χ4v) is 2.67. The molecule has 0 aliphatic heterocycles. The highest BCUT2D eigenvalue weighted by molar-refractivity contribution is 7.99. The van der Waals surface area contributed by atoms with Crippen LogP contribution in [-0.2, 0) is 0 Å². The summed E-state index contributed by atoms with van der Waals surface area (Å²) in [4.78, 5) is 0. The lowest BCUT2D eigenvalue weighted by Gasteiger charge is -2.31. The van der Waals surface area contributed by atoms with Crippen LogP contribution in [0.1, 0.15) is 53.9 Å². The molecule has 0 radical (unpaired) electrons. The predicted octanol–water partition coefficient (Wildman–Crippen LogP) is 3.05. The van der Waals surface area contributed by atoms with Gasteiger partial charge in [-0.25, -0.2) is 0 Å². The average molecular weight is 247 g/mol. The second kappa shape index (κ2) is 8.37. The molecule has 0 aliphatic rings. The van der Waals surface area contributed by atoms with E-state index in [1.54, 1.807) is 0 Å². The molecule has 0 heterocycles. The topological polar surface area (TPSA) is 32.3 Å². The number of hydrogen-bond acceptors (Lipinski definition) is 3. The molecule has 0 aromatic carbocycles. The first-order valence-electron chi connectivity index (χ1n) is 6.40. The molecule has 0 aromatic heterocycles. The van der Waals surface area contributed by atoms with Crippen LogP contribution >= 0.6 is 11.8 Å². The summed E-state index contributed by atoms with van der Waals surface area (Å²) in [6, 6.07) is 0.433. The van der Waals surface area contributed by atoms with E-state index in [2.05, 4.69) is 39.9 Å². The number of rotatable bonds is 9. The highest BCUT2D eigenvalue weighted by atomic mass is 32.2. The number of aliphatic hydroxyl groups excluding tert-OH is 1. The van der Waals surface area contributed by atoms with E-state index in [1.807, 2.05) is 11.8 Å². The molecule has 2 nitrogen and oxygen atoms in total. The maximum Gasteiger partial charge on any atom is 0.0610 e. The summed E-state index contributed by atoms with van der Waals surface area (Å²) in [6.45, 7) is 11.1. The van der Waals surface area contributed by atoms with Gasteiger partial charge in [0.1, 0.15) is 0 Å². The van der Waals surface area contributed by atoms with E-state index in [1.165, 1.54) is 18.6 Å². The zero-order chi connectivity index (χ0) is 12.6. The Bertz CT molecular complexity index is 173. The van der Waals surface area contributed by atoms with E-state index in [9.17, 15) is 5.11 Å². The van der Waals surface area contributed by atoms with E-state index in [-0.39, 0.29) is 12.1 Å². The highest BCUT2D eigenvalue weighted by Crippen LogP contribution is 2.17. The minimum Gasteiger partial charge on any atom is -0.394 e. The van der Waals surface area contributed by atoms with Gasteiger partial charge in [-0.1, -0.05) is 34.1 Å². The van der Waals surface area contributed by atoms with Crippen molar-refractivity contribution in [1.29, 1.82) is 0 Å². The number of hydrogen-bond donors (Lipinski definition) is 2. The number of unbranched alkanes of at least 4 members (excludes halogenated alkanes) is 1. The Labute approximate surface area is 106 Å². The lowest BCUT2D eigenvalue weighted by atomic mass is 9.95. The Morgan fingerprint density at radius 3 is 2.25 bits per heavy atom. The molecule has 0 bridgehead atoms. The minimum atomic E-state index is -0.101. The summed E-state index contributed by atoms with van der Waals surface area (Å²) < 4.78 is 0. The average Bonchev–Trinajstić information content (AvgIpc) is 2.15. The molecule has 0 aliphatic carbocycles.